The highest BCUT2D eigenvalue weighted by molar-refractivity contribution is 9.18. The molecule has 0 spiro atoms. The van der Waals surface area contributed by atoms with Gasteiger partial charge in [0, 0.05) is 35.3 Å². The molecule has 0 N–H and O–H groups in total. The van der Waals surface area contributed by atoms with Crippen molar-refractivity contribution in [3.63, 3.8) is 0 Å². The Kier molecular flexibility index (Phi) is 6.72. The highest BCUT2D eigenvalue weighted by Gasteiger charge is 2.43. The normalized spacial score (nSPS) is 21.0. The summed E-state index contributed by atoms with van der Waals surface area (Å²) in [6.45, 7) is 3.96. The van der Waals surface area contributed by atoms with Crippen LogP contribution in [0.5, 0.6) is 0 Å². The van der Waals surface area contributed by atoms with Crippen molar-refractivity contribution in [2.45, 2.75) is 46.0 Å². The first-order valence-corrected chi connectivity index (χ1v) is 12.2. The summed E-state index contributed by atoms with van der Waals surface area (Å²) in [4.78, 5) is 32.8. The number of aromatic nitrogens is 1. The van der Waals surface area contributed by atoms with Gasteiger partial charge < -0.3 is 4.57 Å². The fourth-order valence-electron chi connectivity index (χ4n) is 4.58. The number of halogens is 2. The molecule has 168 valence electrons. The lowest BCUT2D eigenvalue weighted by Gasteiger charge is -2.23. The molecular formula is C25H27BrClN3O2. The van der Waals surface area contributed by atoms with E-state index in [1.54, 1.807) is 31.1 Å². The molecule has 5 nitrogen and oxygen atoms in total. The second-order valence-electron chi connectivity index (χ2n) is 8.62. The molecule has 2 aromatic rings. The highest BCUT2D eigenvalue weighted by Crippen LogP contribution is 2.45. The number of benzene rings is 1. The minimum atomic E-state index is -0.308. The van der Waals surface area contributed by atoms with E-state index in [9.17, 15) is 9.59 Å². The van der Waals surface area contributed by atoms with Gasteiger partial charge in [-0.2, -0.15) is 0 Å². The van der Waals surface area contributed by atoms with E-state index in [4.69, 9.17) is 16.6 Å². The van der Waals surface area contributed by atoms with Crippen molar-refractivity contribution in [3.05, 3.63) is 68.7 Å². The first-order chi connectivity index (χ1) is 15.3. The molecule has 2 aliphatic heterocycles. The van der Waals surface area contributed by atoms with Crippen LogP contribution in [-0.2, 0) is 11.8 Å². The molecule has 2 atom stereocenters. The third-order valence-electron chi connectivity index (χ3n) is 6.31. The van der Waals surface area contributed by atoms with Crippen molar-refractivity contribution in [1.29, 1.82) is 0 Å². The van der Waals surface area contributed by atoms with E-state index < -0.39 is 0 Å². The number of unbranched alkanes of at least 4 members (excludes halogenated alkanes) is 1. The van der Waals surface area contributed by atoms with Crippen LogP contribution in [0.15, 0.2) is 52.0 Å². The van der Waals surface area contributed by atoms with E-state index in [-0.39, 0.29) is 17.4 Å². The number of rotatable bonds is 5. The Bertz CT molecular complexity index is 1140. The maximum atomic E-state index is 13.8. The number of aryl methyl sites for hydroxylation is 2. The maximum absolute atomic E-state index is 13.8. The molecule has 0 aliphatic carbocycles. The quantitative estimate of drug-likeness (QED) is 0.484. The Morgan fingerprint density at radius 1 is 1.19 bits per heavy atom. The predicted molar refractivity (Wildman–Crippen MR) is 134 cm³/mol. The van der Waals surface area contributed by atoms with E-state index in [0.717, 1.165) is 53.7 Å². The van der Waals surface area contributed by atoms with Gasteiger partial charge in [0.25, 0.3) is 5.56 Å². The van der Waals surface area contributed by atoms with Gasteiger partial charge in [0.1, 0.15) is 0 Å². The number of aliphatic imine (C=N–C) groups is 1. The van der Waals surface area contributed by atoms with Gasteiger partial charge in [-0.25, -0.2) is 4.99 Å². The Morgan fingerprint density at radius 2 is 1.91 bits per heavy atom. The van der Waals surface area contributed by atoms with Gasteiger partial charge >= 0.3 is 0 Å². The molecule has 4 rings (SSSR count). The minimum Gasteiger partial charge on any atom is -0.316 e. The standard InChI is InChI=1S/C25H27BrClN3O2/c1-4-5-6-17-9-12-20-21(28-23(17)26)22(16-7-10-18(27)11-8-16)30(25(20)32)19-13-15(2)24(31)29(3)14-19/h7-8,10-11,13-14,17,20H,4-6,9,12H2,1-3H3. The number of amides is 1. The van der Waals surface area contributed by atoms with Crippen LogP contribution in [0.4, 0.5) is 5.69 Å². The first-order valence-electron chi connectivity index (χ1n) is 11.1. The fraction of sp³-hybridized carbons (Fsp3) is 0.400. The number of pyridine rings is 1. The van der Waals surface area contributed by atoms with E-state index in [1.807, 2.05) is 24.3 Å². The van der Waals surface area contributed by atoms with Crippen LogP contribution in [0.25, 0.3) is 5.70 Å². The van der Waals surface area contributed by atoms with Gasteiger partial charge in [-0.3, -0.25) is 14.5 Å². The Labute approximate surface area is 201 Å². The first kappa shape index (κ1) is 23.0. The van der Waals surface area contributed by atoms with Crippen LogP contribution in [0.1, 0.15) is 50.2 Å². The van der Waals surface area contributed by atoms with Crippen molar-refractivity contribution in [1.82, 2.24) is 4.57 Å². The van der Waals surface area contributed by atoms with Gasteiger partial charge in [0.05, 0.1) is 27.6 Å². The largest absolute Gasteiger partial charge is 0.316 e. The number of carbonyl (C=O) groups is 1. The number of hydrogen-bond acceptors (Lipinski definition) is 3. The zero-order valence-electron chi connectivity index (χ0n) is 18.6. The summed E-state index contributed by atoms with van der Waals surface area (Å²) in [6, 6.07) is 9.28. The topological polar surface area (TPSA) is 54.7 Å². The van der Waals surface area contributed by atoms with Crippen LogP contribution in [0.2, 0.25) is 5.02 Å². The lowest BCUT2D eigenvalue weighted by Crippen LogP contribution is -2.30. The molecule has 0 bridgehead atoms. The molecule has 3 heterocycles. The lowest BCUT2D eigenvalue weighted by molar-refractivity contribution is -0.120. The molecule has 2 unspecified atom stereocenters. The van der Waals surface area contributed by atoms with Crippen molar-refractivity contribution in [3.8, 4) is 0 Å². The van der Waals surface area contributed by atoms with Crippen LogP contribution < -0.4 is 10.5 Å². The zero-order chi connectivity index (χ0) is 23.0. The third-order valence-corrected chi connectivity index (χ3v) is 7.39. The fourth-order valence-corrected chi connectivity index (χ4v) is 5.36. The van der Waals surface area contributed by atoms with Crippen LogP contribution >= 0.6 is 27.5 Å². The summed E-state index contributed by atoms with van der Waals surface area (Å²) in [6.07, 6.45) is 6.72. The molecule has 0 saturated carbocycles. The Hall–Kier alpha value is -2.18. The van der Waals surface area contributed by atoms with Crippen LogP contribution in [0.3, 0.4) is 0 Å². The third kappa shape index (κ3) is 4.23. The van der Waals surface area contributed by atoms with E-state index in [1.165, 1.54) is 4.57 Å². The molecule has 2 aliphatic rings. The highest BCUT2D eigenvalue weighted by atomic mass is 79.9. The average molecular weight is 517 g/mol. The monoisotopic (exact) mass is 515 g/mol. The number of carbonyl (C=O) groups excluding carboxylic acids is 1. The van der Waals surface area contributed by atoms with E-state index in [2.05, 4.69) is 22.9 Å². The summed E-state index contributed by atoms with van der Waals surface area (Å²) in [5.41, 5.74) is 3.62. The summed E-state index contributed by atoms with van der Waals surface area (Å²) in [5.74, 6) is 0.0288. The molecule has 0 radical (unpaired) electrons. The number of nitrogens with zero attached hydrogens (tertiary/aromatic N) is 3. The van der Waals surface area contributed by atoms with Gasteiger partial charge in [0.2, 0.25) is 5.91 Å². The second-order valence-corrected chi connectivity index (χ2v) is 9.86. The SMILES string of the molecule is CCCCC1CCC2C(=O)N(c3cc(C)c(=O)n(C)c3)C(c3ccc(Cl)cc3)=C2N=C1Br. The van der Waals surface area contributed by atoms with Crippen molar-refractivity contribution >= 4 is 49.4 Å². The summed E-state index contributed by atoms with van der Waals surface area (Å²) in [5, 5.41) is 0.634. The number of anilines is 1. The van der Waals surface area contributed by atoms with Crippen LogP contribution in [0, 0.1) is 18.8 Å². The second kappa shape index (κ2) is 9.36. The molecule has 7 heteroatoms. The van der Waals surface area contributed by atoms with Gasteiger partial charge in [-0.1, -0.05) is 43.5 Å². The molecule has 0 saturated heterocycles. The van der Waals surface area contributed by atoms with Gasteiger partial charge in [-0.05, 0) is 60.3 Å². The average Bonchev–Trinajstić information content (AvgIpc) is 2.92. The summed E-state index contributed by atoms with van der Waals surface area (Å²) in [7, 11) is 1.71. The zero-order valence-corrected chi connectivity index (χ0v) is 20.9. The summed E-state index contributed by atoms with van der Waals surface area (Å²) < 4.78 is 2.44. The number of hydrogen-bond donors (Lipinski definition) is 0. The summed E-state index contributed by atoms with van der Waals surface area (Å²) >= 11 is 9.88. The molecular weight excluding hydrogens is 490 g/mol. The van der Waals surface area contributed by atoms with Crippen molar-refractivity contribution < 1.29 is 4.79 Å². The molecule has 1 aromatic carbocycles. The maximum Gasteiger partial charge on any atom is 0.253 e. The predicted octanol–water partition coefficient (Wildman–Crippen LogP) is 6.07. The van der Waals surface area contributed by atoms with Crippen molar-refractivity contribution in [2.75, 3.05) is 4.90 Å². The Morgan fingerprint density at radius 3 is 2.56 bits per heavy atom. The Balaban J connectivity index is 1.90. The van der Waals surface area contributed by atoms with E-state index in [0.29, 0.717) is 22.2 Å². The molecule has 1 amide bonds. The number of fused-ring (bicyclic) bond motifs is 1. The molecule has 32 heavy (non-hydrogen) atoms. The van der Waals surface area contributed by atoms with Gasteiger partial charge in [-0.15, -0.1) is 0 Å². The van der Waals surface area contributed by atoms with E-state index >= 15 is 0 Å². The molecule has 0 fully saturated rings. The molecule has 1 aromatic heterocycles. The van der Waals surface area contributed by atoms with Crippen LogP contribution in [-0.4, -0.2) is 15.1 Å². The minimum absolute atomic E-state index is 0.00295. The lowest BCUT2D eigenvalue weighted by atomic mass is 9.93. The smallest absolute Gasteiger partial charge is 0.253 e. The van der Waals surface area contributed by atoms with Crippen molar-refractivity contribution in [2.24, 2.45) is 23.9 Å². The van der Waals surface area contributed by atoms with Gasteiger partial charge in [0.15, 0.2) is 0 Å².